The maximum Gasteiger partial charge on any atom is 0.315 e. The number of carbonyl (C=O) groups excluding carboxylic acids is 2. The van der Waals surface area contributed by atoms with E-state index < -0.39 is 0 Å². The monoisotopic (exact) mass is 329 g/mol. The number of carbonyl (C=O) groups is 2. The first kappa shape index (κ1) is 16.8. The van der Waals surface area contributed by atoms with Crippen LogP contribution in [0.2, 0.25) is 0 Å². The van der Waals surface area contributed by atoms with Gasteiger partial charge in [0.05, 0.1) is 0 Å². The molecule has 1 aromatic carbocycles. The zero-order valence-electron chi connectivity index (χ0n) is 14.1. The standard InChI is InChI=1S/C19H27N3O2/c23-18(15-10-11-15)21-17-9-5-6-14(12-17)13-20-19(24)22-16-7-3-1-2-4-8-16/h5-6,9,12,15-16H,1-4,7-8,10-11,13H2,(H,21,23)(H2,20,22,24). The molecular formula is C19H27N3O2. The first-order valence-corrected chi connectivity index (χ1v) is 9.15. The number of nitrogens with one attached hydrogen (secondary N) is 3. The van der Waals surface area contributed by atoms with Crippen molar-refractivity contribution in [2.75, 3.05) is 5.32 Å². The molecule has 0 aromatic heterocycles. The molecule has 2 aliphatic rings. The van der Waals surface area contributed by atoms with E-state index in [2.05, 4.69) is 16.0 Å². The maximum atomic E-state index is 12.1. The van der Waals surface area contributed by atoms with Crippen LogP contribution in [-0.2, 0) is 11.3 Å². The van der Waals surface area contributed by atoms with E-state index >= 15 is 0 Å². The Morgan fingerprint density at radius 1 is 1.00 bits per heavy atom. The van der Waals surface area contributed by atoms with Gasteiger partial charge in [0, 0.05) is 24.2 Å². The minimum absolute atomic E-state index is 0.102. The Bertz CT molecular complexity index is 576. The molecule has 5 nitrogen and oxygen atoms in total. The Labute approximate surface area is 143 Å². The second-order valence-electron chi connectivity index (χ2n) is 6.98. The molecule has 0 radical (unpaired) electrons. The van der Waals surface area contributed by atoms with Crippen molar-refractivity contribution < 1.29 is 9.59 Å². The van der Waals surface area contributed by atoms with Crippen LogP contribution in [-0.4, -0.2) is 18.0 Å². The summed E-state index contributed by atoms with van der Waals surface area (Å²) in [5.74, 6) is 0.295. The Hall–Kier alpha value is -2.04. The SMILES string of the molecule is O=C(NCc1cccc(NC(=O)C2CC2)c1)NC1CCCCCC1. The molecular weight excluding hydrogens is 302 g/mol. The van der Waals surface area contributed by atoms with Gasteiger partial charge in [0.2, 0.25) is 5.91 Å². The molecule has 0 bridgehead atoms. The van der Waals surface area contributed by atoms with Gasteiger partial charge in [-0.05, 0) is 43.4 Å². The van der Waals surface area contributed by atoms with Gasteiger partial charge < -0.3 is 16.0 Å². The largest absolute Gasteiger partial charge is 0.335 e. The summed E-state index contributed by atoms with van der Waals surface area (Å²) < 4.78 is 0. The highest BCUT2D eigenvalue weighted by Gasteiger charge is 2.29. The highest BCUT2D eigenvalue weighted by molar-refractivity contribution is 5.94. The van der Waals surface area contributed by atoms with E-state index in [0.29, 0.717) is 12.6 Å². The number of urea groups is 1. The van der Waals surface area contributed by atoms with Crippen LogP contribution in [0.25, 0.3) is 0 Å². The molecule has 2 aliphatic carbocycles. The lowest BCUT2D eigenvalue weighted by Gasteiger charge is -2.17. The first-order valence-electron chi connectivity index (χ1n) is 9.15. The summed E-state index contributed by atoms with van der Waals surface area (Å²) in [5.41, 5.74) is 1.79. The number of amides is 3. The van der Waals surface area contributed by atoms with E-state index in [1.807, 2.05) is 24.3 Å². The van der Waals surface area contributed by atoms with Crippen LogP contribution in [0, 0.1) is 5.92 Å². The van der Waals surface area contributed by atoms with E-state index in [1.165, 1.54) is 25.7 Å². The molecule has 0 atom stereocenters. The molecule has 0 aliphatic heterocycles. The van der Waals surface area contributed by atoms with Crippen molar-refractivity contribution in [3.63, 3.8) is 0 Å². The lowest BCUT2D eigenvalue weighted by molar-refractivity contribution is -0.117. The highest BCUT2D eigenvalue weighted by atomic mass is 16.2. The smallest absolute Gasteiger partial charge is 0.315 e. The Morgan fingerprint density at radius 2 is 1.75 bits per heavy atom. The minimum Gasteiger partial charge on any atom is -0.335 e. The minimum atomic E-state index is -0.102. The molecule has 0 unspecified atom stereocenters. The van der Waals surface area contributed by atoms with E-state index in [4.69, 9.17) is 0 Å². The lowest BCUT2D eigenvalue weighted by atomic mass is 10.1. The van der Waals surface area contributed by atoms with Crippen molar-refractivity contribution in [1.29, 1.82) is 0 Å². The highest BCUT2D eigenvalue weighted by Crippen LogP contribution is 2.30. The zero-order chi connectivity index (χ0) is 16.8. The summed E-state index contributed by atoms with van der Waals surface area (Å²) in [6.07, 6.45) is 9.11. The summed E-state index contributed by atoms with van der Waals surface area (Å²) in [5, 5.41) is 8.94. The molecule has 24 heavy (non-hydrogen) atoms. The van der Waals surface area contributed by atoms with Gasteiger partial charge >= 0.3 is 6.03 Å². The third kappa shape index (κ3) is 5.25. The normalized spacial score (nSPS) is 18.5. The maximum absolute atomic E-state index is 12.1. The van der Waals surface area contributed by atoms with Crippen LogP contribution in [0.3, 0.4) is 0 Å². The van der Waals surface area contributed by atoms with Gasteiger partial charge in [-0.15, -0.1) is 0 Å². The lowest BCUT2D eigenvalue weighted by Crippen LogP contribution is -2.41. The Morgan fingerprint density at radius 3 is 2.46 bits per heavy atom. The predicted octanol–water partition coefficient (Wildman–Crippen LogP) is 3.56. The molecule has 0 spiro atoms. The number of rotatable bonds is 5. The first-order chi connectivity index (χ1) is 11.7. The molecule has 0 heterocycles. The van der Waals surface area contributed by atoms with Gasteiger partial charge in [-0.25, -0.2) is 4.79 Å². The molecule has 0 saturated heterocycles. The van der Waals surface area contributed by atoms with Crippen LogP contribution in [0.5, 0.6) is 0 Å². The average Bonchev–Trinajstić information content (AvgIpc) is 3.41. The Kier molecular flexibility index (Phi) is 5.72. The topological polar surface area (TPSA) is 70.2 Å². The van der Waals surface area contributed by atoms with Crippen molar-refractivity contribution in [2.45, 2.75) is 64.0 Å². The van der Waals surface area contributed by atoms with Crippen LogP contribution < -0.4 is 16.0 Å². The number of hydrogen-bond donors (Lipinski definition) is 3. The van der Waals surface area contributed by atoms with Crippen LogP contribution >= 0.6 is 0 Å². The van der Waals surface area contributed by atoms with E-state index in [0.717, 1.165) is 36.9 Å². The Balaban J connectivity index is 1.45. The quantitative estimate of drug-likeness (QED) is 0.723. The van der Waals surface area contributed by atoms with Crippen LogP contribution in [0.4, 0.5) is 10.5 Å². The molecule has 3 rings (SSSR count). The molecule has 3 amide bonds. The fraction of sp³-hybridized carbons (Fsp3) is 0.579. The van der Waals surface area contributed by atoms with Gasteiger partial charge in [0.1, 0.15) is 0 Å². The second-order valence-corrected chi connectivity index (χ2v) is 6.98. The summed E-state index contributed by atoms with van der Waals surface area (Å²) in [4.78, 5) is 23.9. The average molecular weight is 329 g/mol. The summed E-state index contributed by atoms with van der Waals surface area (Å²) in [6, 6.07) is 7.87. The van der Waals surface area contributed by atoms with Crippen LogP contribution in [0.1, 0.15) is 56.9 Å². The summed E-state index contributed by atoms with van der Waals surface area (Å²) in [7, 11) is 0. The van der Waals surface area contributed by atoms with Gasteiger partial charge in [-0.2, -0.15) is 0 Å². The summed E-state index contributed by atoms with van der Waals surface area (Å²) in [6.45, 7) is 0.464. The fourth-order valence-electron chi connectivity index (χ4n) is 3.19. The van der Waals surface area contributed by atoms with Gasteiger partial charge in [0.25, 0.3) is 0 Å². The van der Waals surface area contributed by atoms with Crippen LogP contribution in [0.15, 0.2) is 24.3 Å². The van der Waals surface area contributed by atoms with Crippen molar-refractivity contribution >= 4 is 17.6 Å². The predicted molar refractivity (Wildman–Crippen MR) is 94.7 cm³/mol. The van der Waals surface area contributed by atoms with Crippen molar-refractivity contribution in [3.05, 3.63) is 29.8 Å². The number of hydrogen-bond acceptors (Lipinski definition) is 2. The van der Waals surface area contributed by atoms with E-state index in [-0.39, 0.29) is 17.9 Å². The third-order valence-corrected chi connectivity index (χ3v) is 4.79. The molecule has 3 N–H and O–H groups in total. The zero-order valence-corrected chi connectivity index (χ0v) is 14.1. The van der Waals surface area contributed by atoms with Gasteiger partial charge in [-0.3, -0.25) is 4.79 Å². The van der Waals surface area contributed by atoms with E-state index in [9.17, 15) is 9.59 Å². The molecule has 130 valence electrons. The van der Waals surface area contributed by atoms with E-state index in [1.54, 1.807) is 0 Å². The van der Waals surface area contributed by atoms with Crippen molar-refractivity contribution in [2.24, 2.45) is 5.92 Å². The molecule has 2 fully saturated rings. The van der Waals surface area contributed by atoms with Crippen molar-refractivity contribution in [3.8, 4) is 0 Å². The van der Waals surface area contributed by atoms with Crippen molar-refractivity contribution in [1.82, 2.24) is 10.6 Å². The molecule has 2 saturated carbocycles. The van der Waals surface area contributed by atoms with Gasteiger partial charge in [0.15, 0.2) is 0 Å². The molecule has 1 aromatic rings. The molecule has 5 heteroatoms. The second kappa shape index (κ2) is 8.18. The fourth-order valence-corrected chi connectivity index (χ4v) is 3.19. The number of anilines is 1. The van der Waals surface area contributed by atoms with Gasteiger partial charge in [-0.1, -0.05) is 37.8 Å². The number of benzene rings is 1. The third-order valence-electron chi connectivity index (χ3n) is 4.79. The summed E-state index contributed by atoms with van der Waals surface area (Å²) >= 11 is 0.